The smallest absolute Gasteiger partial charge is 0.169 e. The van der Waals surface area contributed by atoms with Crippen molar-refractivity contribution in [2.75, 3.05) is 33.9 Å². The van der Waals surface area contributed by atoms with Crippen LogP contribution in [0.5, 0.6) is 0 Å². The zero-order valence-corrected chi connectivity index (χ0v) is 9.92. The first-order valence-electron chi connectivity index (χ1n) is 4.96. The van der Waals surface area contributed by atoms with Crippen molar-refractivity contribution in [1.82, 2.24) is 5.32 Å². The minimum atomic E-state index is -0.188. The summed E-state index contributed by atoms with van der Waals surface area (Å²) in [5, 5.41) is 3.24. The number of nitrogens with one attached hydrogen (secondary N) is 1. The lowest BCUT2D eigenvalue weighted by Crippen LogP contribution is -2.41. The maximum Gasteiger partial charge on any atom is 0.169 e. The third-order valence-electron chi connectivity index (χ3n) is 1.92. The highest BCUT2D eigenvalue weighted by atomic mass is 16.7. The van der Waals surface area contributed by atoms with Crippen molar-refractivity contribution >= 4 is 0 Å². The summed E-state index contributed by atoms with van der Waals surface area (Å²) in [5.74, 6) is 0. The monoisotopic (exact) mass is 205 g/mol. The van der Waals surface area contributed by atoms with E-state index in [1.165, 1.54) is 0 Å². The Morgan fingerprint density at radius 3 is 2.21 bits per heavy atom. The van der Waals surface area contributed by atoms with E-state index < -0.39 is 0 Å². The molecule has 0 saturated heterocycles. The molecule has 0 heterocycles. The molecule has 0 bridgehead atoms. The van der Waals surface area contributed by atoms with E-state index >= 15 is 0 Å². The Morgan fingerprint density at radius 1 is 1.21 bits per heavy atom. The van der Waals surface area contributed by atoms with Crippen LogP contribution < -0.4 is 5.32 Å². The second-order valence-electron chi connectivity index (χ2n) is 3.72. The van der Waals surface area contributed by atoms with E-state index in [1.54, 1.807) is 14.2 Å². The van der Waals surface area contributed by atoms with Gasteiger partial charge < -0.3 is 19.5 Å². The molecule has 0 aromatic rings. The topological polar surface area (TPSA) is 39.7 Å². The molecule has 86 valence electrons. The largest absolute Gasteiger partial charge is 0.375 e. The molecule has 0 aromatic carbocycles. The quantitative estimate of drug-likeness (QED) is 0.600. The Kier molecular flexibility index (Phi) is 7.09. The van der Waals surface area contributed by atoms with Gasteiger partial charge in [-0.3, -0.25) is 0 Å². The van der Waals surface area contributed by atoms with Crippen LogP contribution in [0, 0.1) is 0 Å². The Labute approximate surface area is 86.9 Å². The lowest BCUT2D eigenvalue weighted by Gasteiger charge is -2.26. The van der Waals surface area contributed by atoms with E-state index in [0.717, 1.165) is 13.2 Å². The number of hydrogen-bond acceptors (Lipinski definition) is 4. The molecule has 4 nitrogen and oxygen atoms in total. The second-order valence-corrected chi connectivity index (χ2v) is 3.72. The molecule has 0 aliphatic rings. The maximum absolute atomic E-state index is 5.53. The molecule has 0 amide bonds. The van der Waals surface area contributed by atoms with Crippen LogP contribution in [0.3, 0.4) is 0 Å². The van der Waals surface area contributed by atoms with Gasteiger partial charge in [0.2, 0.25) is 0 Å². The predicted octanol–water partition coefficient (Wildman–Crippen LogP) is 1.01. The molecule has 4 heteroatoms. The van der Waals surface area contributed by atoms with Crippen LogP contribution in [0.1, 0.15) is 20.8 Å². The summed E-state index contributed by atoms with van der Waals surface area (Å²) in [4.78, 5) is 0. The Morgan fingerprint density at radius 2 is 1.79 bits per heavy atom. The van der Waals surface area contributed by atoms with Gasteiger partial charge in [0.15, 0.2) is 6.29 Å². The van der Waals surface area contributed by atoms with Gasteiger partial charge in [-0.2, -0.15) is 0 Å². The summed E-state index contributed by atoms with van der Waals surface area (Å²) >= 11 is 0. The minimum absolute atomic E-state index is 0.138. The first-order chi connectivity index (χ1) is 6.55. The highest BCUT2D eigenvalue weighted by Crippen LogP contribution is 2.06. The van der Waals surface area contributed by atoms with Gasteiger partial charge in [0.25, 0.3) is 0 Å². The number of hydrogen-bond donors (Lipinski definition) is 1. The molecular formula is C10H23NO3. The van der Waals surface area contributed by atoms with Crippen LogP contribution >= 0.6 is 0 Å². The lowest BCUT2D eigenvalue weighted by atomic mass is 10.1. The van der Waals surface area contributed by atoms with Gasteiger partial charge in [-0.1, -0.05) is 0 Å². The number of methoxy groups -OCH3 is 2. The van der Waals surface area contributed by atoms with E-state index in [0.29, 0.717) is 6.54 Å². The number of ether oxygens (including phenoxy) is 3. The molecule has 0 unspecified atom stereocenters. The normalized spacial score (nSPS) is 12.4. The fourth-order valence-electron chi connectivity index (χ4n) is 1.20. The van der Waals surface area contributed by atoms with Crippen LogP contribution in [0.2, 0.25) is 0 Å². The van der Waals surface area contributed by atoms with Gasteiger partial charge in [0.05, 0.1) is 5.60 Å². The standard InChI is InChI=1S/C10H23NO3/c1-6-14-10(2,3)8-11-7-9(12-4)13-5/h9,11H,6-8H2,1-5H3. The van der Waals surface area contributed by atoms with Crippen LogP contribution in [-0.2, 0) is 14.2 Å². The third kappa shape index (κ3) is 6.32. The van der Waals surface area contributed by atoms with Crippen molar-refractivity contribution in [3.63, 3.8) is 0 Å². The van der Waals surface area contributed by atoms with Gasteiger partial charge in [-0.05, 0) is 20.8 Å². The molecule has 0 spiro atoms. The summed E-state index contributed by atoms with van der Waals surface area (Å²) in [6.07, 6.45) is -0.188. The molecule has 14 heavy (non-hydrogen) atoms. The van der Waals surface area contributed by atoms with Gasteiger partial charge in [0, 0.05) is 33.9 Å². The van der Waals surface area contributed by atoms with Crippen molar-refractivity contribution < 1.29 is 14.2 Å². The van der Waals surface area contributed by atoms with E-state index in [9.17, 15) is 0 Å². The fraction of sp³-hybridized carbons (Fsp3) is 1.00. The SMILES string of the molecule is CCOC(C)(C)CNCC(OC)OC. The molecule has 0 radical (unpaired) electrons. The molecule has 0 rings (SSSR count). The molecule has 0 aliphatic heterocycles. The van der Waals surface area contributed by atoms with Gasteiger partial charge in [-0.15, -0.1) is 0 Å². The molecule has 0 aliphatic carbocycles. The van der Waals surface area contributed by atoms with Crippen LogP contribution in [-0.4, -0.2) is 45.8 Å². The number of rotatable bonds is 8. The van der Waals surface area contributed by atoms with Gasteiger partial charge >= 0.3 is 0 Å². The fourth-order valence-corrected chi connectivity index (χ4v) is 1.20. The minimum Gasteiger partial charge on any atom is -0.375 e. The van der Waals surface area contributed by atoms with Crippen LogP contribution in [0.25, 0.3) is 0 Å². The summed E-state index contributed by atoms with van der Waals surface area (Å²) in [6.45, 7) is 8.28. The van der Waals surface area contributed by atoms with E-state index in [1.807, 2.05) is 6.92 Å². The average molecular weight is 205 g/mol. The molecule has 0 saturated carbocycles. The summed E-state index contributed by atoms with van der Waals surface area (Å²) in [5.41, 5.74) is -0.138. The molecule has 0 atom stereocenters. The van der Waals surface area contributed by atoms with Crippen molar-refractivity contribution in [1.29, 1.82) is 0 Å². The summed E-state index contributed by atoms with van der Waals surface area (Å²) in [6, 6.07) is 0. The molecule has 0 aromatic heterocycles. The van der Waals surface area contributed by atoms with Crippen LogP contribution in [0.4, 0.5) is 0 Å². The second kappa shape index (κ2) is 7.17. The molecular weight excluding hydrogens is 182 g/mol. The Balaban J connectivity index is 3.60. The average Bonchev–Trinajstić information content (AvgIpc) is 2.12. The first-order valence-corrected chi connectivity index (χ1v) is 4.96. The van der Waals surface area contributed by atoms with Crippen molar-refractivity contribution in [2.24, 2.45) is 0 Å². The van der Waals surface area contributed by atoms with E-state index in [4.69, 9.17) is 14.2 Å². The highest BCUT2D eigenvalue weighted by molar-refractivity contribution is 4.71. The maximum atomic E-state index is 5.53. The van der Waals surface area contributed by atoms with E-state index in [-0.39, 0.29) is 11.9 Å². The highest BCUT2D eigenvalue weighted by Gasteiger charge is 2.17. The van der Waals surface area contributed by atoms with Crippen molar-refractivity contribution in [3.8, 4) is 0 Å². The summed E-state index contributed by atoms with van der Waals surface area (Å²) < 4.78 is 15.6. The van der Waals surface area contributed by atoms with Gasteiger partial charge in [-0.25, -0.2) is 0 Å². The van der Waals surface area contributed by atoms with E-state index in [2.05, 4.69) is 19.2 Å². The van der Waals surface area contributed by atoms with Crippen molar-refractivity contribution in [3.05, 3.63) is 0 Å². The Hall–Kier alpha value is -0.160. The first kappa shape index (κ1) is 13.8. The zero-order valence-electron chi connectivity index (χ0n) is 9.92. The molecule has 0 fully saturated rings. The summed E-state index contributed by atoms with van der Waals surface area (Å²) in [7, 11) is 3.26. The molecule has 1 N–H and O–H groups in total. The predicted molar refractivity (Wildman–Crippen MR) is 56.4 cm³/mol. The third-order valence-corrected chi connectivity index (χ3v) is 1.92. The zero-order chi connectivity index (χ0) is 11.0. The van der Waals surface area contributed by atoms with Gasteiger partial charge in [0.1, 0.15) is 0 Å². The van der Waals surface area contributed by atoms with Crippen LogP contribution in [0.15, 0.2) is 0 Å². The Bertz CT molecular complexity index is 135. The lowest BCUT2D eigenvalue weighted by molar-refractivity contribution is -0.101. The van der Waals surface area contributed by atoms with Crippen molar-refractivity contribution in [2.45, 2.75) is 32.7 Å².